The molecule has 1 atom stereocenters. The number of nitrogens with one attached hydrogen (secondary N) is 1. The average Bonchev–Trinajstić information content (AvgIpc) is 3.28. The summed E-state index contributed by atoms with van der Waals surface area (Å²) in [6, 6.07) is 14.6. The minimum Gasteiger partial charge on any atom is -0.496 e. The number of carbonyl (C=O) groups is 1. The molecule has 0 aromatic heterocycles. The third-order valence-electron chi connectivity index (χ3n) is 5.25. The van der Waals surface area contributed by atoms with Crippen LogP contribution >= 0.6 is 0 Å². The van der Waals surface area contributed by atoms with Crippen molar-refractivity contribution in [3.8, 4) is 5.75 Å². The highest BCUT2D eigenvalue weighted by Crippen LogP contribution is 2.27. The highest BCUT2D eigenvalue weighted by atomic mass is 32.2. The molecule has 1 fully saturated rings. The van der Waals surface area contributed by atoms with Crippen LogP contribution in [0.1, 0.15) is 43.4 Å². The van der Waals surface area contributed by atoms with Gasteiger partial charge in [-0.25, -0.2) is 8.42 Å². The van der Waals surface area contributed by atoms with Gasteiger partial charge in [0.1, 0.15) is 5.75 Å². The largest absolute Gasteiger partial charge is 0.496 e. The standard InChI is InChI=1S/C22H28N2O4S/c1-17(18-8-4-3-5-9-18)23-22(25)13-10-19-16-20(11-12-21(19)28-2)29(26,27)24-14-6-7-15-24/h3-5,8-9,11-12,16-17H,6-7,10,13-15H2,1-2H3,(H,23,25). The van der Waals surface area contributed by atoms with Crippen LogP contribution in [-0.2, 0) is 21.2 Å². The third-order valence-corrected chi connectivity index (χ3v) is 7.15. The maximum absolute atomic E-state index is 12.8. The van der Waals surface area contributed by atoms with Crippen molar-refractivity contribution in [2.24, 2.45) is 0 Å². The van der Waals surface area contributed by atoms with Gasteiger partial charge in [-0.3, -0.25) is 4.79 Å². The van der Waals surface area contributed by atoms with Crippen molar-refractivity contribution in [3.63, 3.8) is 0 Å². The molecule has 29 heavy (non-hydrogen) atoms. The first-order valence-electron chi connectivity index (χ1n) is 9.93. The van der Waals surface area contributed by atoms with Crippen LogP contribution in [0.3, 0.4) is 0 Å². The van der Waals surface area contributed by atoms with E-state index in [1.165, 1.54) is 4.31 Å². The number of hydrogen-bond acceptors (Lipinski definition) is 4. The minimum absolute atomic E-state index is 0.0868. The second kappa shape index (κ2) is 9.41. The highest BCUT2D eigenvalue weighted by Gasteiger charge is 2.27. The van der Waals surface area contributed by atoms with Crippen LogP contribution in [0.5, 0.6) is 5.75 Å². The number of ether oxygens (including phenoxy) is 1. The van der Waals surface area contributed by atoms with E-state index in [4.69, 9.17) is 4.74 Å². The molecule has 1 N–H and O–H groups in total. The van der Waals surface area contributed by atoms with E-state index in [0.717, 1.165) is 24.0 Å². The molecule has 0 radical (unpaired) electrons. The monoisotopic (exact) mass is 416 g/mol. The minimum atomic E-state index is -3.50. The Bertz CT molecular complexity index is 939. The van der Waals surface area contributed by atoms with Crippen LogP contribution < -0.4 is 10.1 Å². The Hall–Kier alpha value is -2.38. The number of sulfonamides is 1. The van der Waals surface area contributed by atoms with Gasteiger partial charge in [-0.2, -0.15) is 4.31 Å². The molecule has 3 rings (SSSR count). The number of aryl methyl sites for hydroxylation is 1. The predicted octanol–water partition coefficient (Wildman–Crippen LogP) is 3.29. The van der Waals surface area contributed by atoms with Crippen LogP contribution in [0.2, 0.25) is 0 Å². The molecule has 6 nitrogen and oxygen atoms in total. The molecule has 156 valence electrons. The average molecular weight is 417 g/mol. The lowest BCUT2D eigenvalue weighted by atomic mass is 10.1. The van der Waals surface area contributed by atoms with Crippen molar-refractivity contribution in [3.05, 3.63) is 59.7 Å². The first kappa shape index (κ1) is 21.3. The van der Waals surface area contributed by atoms with Crippen LogP contribution in [-0.4, -0.2) is 38.8 Å². The lowest BCUT2D eigenvalue weighted by Crippen LogP contribution is -2.28. The van der Waals surface area contributed by atoms with Gasteiger partial charge in [0.2, 0.25) is 15.9 Å². The van der Waals surface area contributed by atoms with E-state index in [2.05, 4.69) is 5.32 Å². The molecule has 1 amide bonds. The van der Waals surface area contributed by atoms with Gasteiger partial charge in [-0.15, -0.1) is 0 Å². The Morgan fingerprint density at radius 2 is 1.83 bits per heavy atom. The highest BCUT2D eigenvalue weighted by molar-refractivity contribution is 7.89. The number of rotatable bonds is 8. The summed E-state index contributed by atoms with van der Waals surface area (Å²) in [4.78, 5) is 12.7. The Kier molecular flexibility index (Phi) is 6.92. The molecule has 1 aliphatic rings. The van der Waals surface area contributed by atoms with Crippen molar-refractivity contribution >= 4 is 15.9 Å². The molecule has 2 aromatic rings. The summed E-state index contributed by atoms with van der Waals surface area (Å²) >= 11 is 0. The second-order valence-electron chi connectivity index (χ2n) is 7.28. The molecule has 1 heterocycles. The zero-order chi connectivity index (χ0) is 20.9. The Labute approximate surface area is 172 Å². The van der Waals surface area contributed by atoms with Gasteiger partial charge in [-0.1, -0.05) is 30.3 Å². The van der Waals surface area contributed by atoms with E-state index in [1.54, 1.807) is 25.3 Å². The topological polar surface area (TPSA) is 75.7 Å². The van der Waals surface area contributed by atoms with Crippen molar-refractivity contribution in [1.29, 1.82) is 0 Å². The maximum atomic E-state index is 12.8. The van der Waals surface area contributed by atoms with Crippen LogP contribution in [0.15, 0.2) is 53.4 Å². The van der Waals surface area contributed by atoms with Gasteiger partial charge in [0, 0.05) is 19.5 Å². The van der Waals surface area contributed by atoms with Gasteiger partial charge in [0.15, 0.2) is 0 Å². The normalized spacial score (nSPS) is 15.8. The van der Waals surface area contributed by atoms with Gasteiger partial charge in [-0.05, 0) is 55.5 Å². The van der Waals surface area contributed by atoms with E-state index in [1.807, 2.05) is 37.3 Å². The smallest absolute Gasteiger partial charge is 0.243 e. The van der Waals surface area contributed by atoms with Crippen molar-refractivity contribution in [2.75, 3.05) is 20.2 Å². The van der Waals surface area contributed by atoms with Gasteiger partial charge in [0.05, 0.1) is 18.0 Å². The zero-order valence-electron chi connectivity index (χ0n) is 16.9. The second-order valence-corrected chi connectivity index (χ2v) is 9.22. The predicted molar refractivity (Wildman–Crippen MR) is 112 cm³/mol. The number of amides is 1. The molecule has 1 unspecified atom stereocenters. The van der Waals surface area contributed by atoms with E-state index < -0.39 is 10.0 Å². The number of hydrogen-bond donors (Lipinski definition) is 1. The molecule has 1 saturated heterocycles. The fraction of sp³-hybridized carbons (Fsp3) is 0.409. The lowest BCUT2D eigenvalue weighted by Gasteiger charge is -2.18. The van der Waals surface area contributed by atoms with E-state index in [0.29, 0.717) is 25.3 Å². The molecular formula is C22H28N2O4S. The van der Waals surface area contributed by atoms with E-state index >= 15 is 0 Å². The summed E-state index contributed by atoms with van der Waals surface area (Å²) < 4.78 is 32.6. The number of benzene rings is 2. The molecule has 1 aliphatic heterocycles. The SMILES string of the molecule is COc1ccc(S(=O)(=O)N2CCCC2)cc1CCC(=O)NC(C)c1ccccc1. The molecule has 0 bridgehead atoms. The molecule has 7 heteroatoms. The van der Waals surface area contributed by atoms with Crippen molar-refractivity contribution < 1.29 is 17.9 Å². The summed E-state index contributed by atoms with van der Waals surface area (Å²) in [5.41, 5.74) is 1.76. The quantitative estimate of drug-likeness (QED) is 0.717. The fourth-order valence-corrected chi connectivity index (χ4v) is 5.14. The molecule has 2 aromatic carbocycles. The molecule has 0 saturated carbocycles. The van der Waals surface area contributed by atoms with Gasteiger partial charge in [0.25, 0.3) is 0 Å². The summed E-state index contributed by atoms with van der Waals surface area (Å²) in [5.74, 6) is 0.505. The Morgan fingerprint density at radius 1 is 1.14 bits per heavy atom. The maximum Gasteiger partial charge on any atom is 0.243 e. The number of methoxy groups -OCH3 is 1. The summed E-state index contributed by atoms with van der Waals surface area (Å²) in [7, 11) is -1.96. The number of nitrogens with zero attached hydrogens (tertiary/aromatic N) is 1. The van der Waals surface area contributed by atoms with Crippen LogP contribution in [0, 0.1) is 0 Å². The van der Waals surface area contributed by atoms with Gasteiger partial charge < -0.3 is 10.1 Å². The van der Waals surface area contributed by atoms with Gasteiger partial charge >= 0.3 is 0 Å². The molecule has 0 spiro atoms. The van der Waals surface area contributed by atoms with Crippen LogP contribution in [0.4, 0.5) is 0 Å². The number of carbonyl (C=O) groups excluding carboxylic acids is 1. The van der Waals surface area contributed by atoms with E-state index in [9.17, 15) is 13.2 Å². The van der Waals surface area contributed by atoms with Crippen molar-refractivity contribution in [2.45, 2.75) is 43.5 Å². The Morgan fingerprint density at radius 3 is 2.48 bits per heavy atom. The Balaban J connectivity index is 1.68. The van der Waals surface area contributed by atoms with E-state index in [-0.39, 0.29) is 23.3 Å². The lowest BCUT2D eigenvalue weighted by molar-refractivity contribution is -0.121. The first-order chi connectivity index (χ1) is 13.9. The summed E-state index contributed by atoms with van der Waals surface area (Å²) in [6.07, 6.45) is 2.44. The summed E-state index contributed by atoms with van der Waals surface area (Å²) in [6.45, 7) is 3.06. The zero-order valence-corrected chi connectivity index (χ0v) is 17.7. The summed E-state index contributed by atoms with van der Waals surface area (Å²) in [5, 5.41) is 2.99. The third kappa shape index (κ3) is 5.16. The first-order valence-corrected chi connectivity index (χ1v) is 11.4. The van der Waals surface area contributed by atoms with Crippen LogP contribution in [0.25, 0.3) is 0 Å². The fourth-order valence-electron chi connectivity index (χ4n) is 3.58. The molecular weight excluding hydrogens is 388 g/mol. The van der Waals surface area contributed by atoms with Crippen molar-refractivity contribution in [1.82, 2.24) is 9.62 Å². The molecule has 0 aliphatic carbocycles.